The van der Waals surface area contributed by atoms with E-state index in [2.05, 4.69) is 11.9 Å². The summed E-state index contributed by atoms with van der Waals surface area (Å²) in [5.74, 6) is 0.348. The van der Waals surface area contributed by atoms with Crippen LogP contribution in [0.5, 0.6) is 5.88 Å². The normalized spacial score (nSPS) is 10.8. The smallest absolute Gasteiger partial charge is 0.257 e. The number of aromatic hydroxyl groups is 1. The van der Waals surface area contributed by atoms with Crippen LogP contribution >= 0.6 is 0 Å². The molecule has 5 nitrogen and oxygen atoms in total. The molecule has 1 N–H and O–H groups in total. The fourth-order valence-corrected chi connectivity index (χ4v) is 2.26. The lowest BCUT2D eigenvalue weighted by atomic mass is 10.1. The molecule has 22 heavy (non-hydrogen) atoms. The molecular weight excluding hydrogens is 280 g/mol. The molecular formula is C17H22N2O3. The molecule has 2 rings (SSSR count). The maximum atomic E-state index is 12.1. The van der Waals surface area contributed by atoms with Crippen LogP contribution in [0.4, 0.5) is 0 Å². The maximum absolute atomic E-state index is 12.1. The van der Waals surface area contributed by atoms with E-state index in [0.717, 1.165) is 31.1 Å². The monoisotopic (exact) mass is 302 g/mol. The summed E-state index contributed by atoms with van der Waals surface area (Å²) < 4.78 is 7.05. The van der Waals surface area contributed by atoms with Crippen LogP contribution in [-0.4, -0.2) is 27.9 Å². The minimum absolute atomic E-state index is 0.227. The van der Waals surface area contributed by atoms with E-state index in [4.69, 9.17) is 4.74 Å². The molecule has 0 aliphatic heterocycles. The highest BCUT2D eigenvalue weighted by molar-refractivity contribution is 5.20. The van der Waals surface area contributed by atoms with Crippen molar-refractivity contribution in [1.82, 2.24) is 9.55 Å². The van der Waals surface area contributed by atoms with Crippen molar-refractivity contribution in [3.8, 4) is 5.88 Å². The van der Waals surface area contributed by atoms with Crippen LogP contribution in [0.25, 0.3) is 0 Å². The summed E-state index contributed by atoms with van der Waals surface area (Å²) in [4.78, 5) is 16.2. The van der Waals surface area contributed by atoms with Gasteiger partial charge in [-0.15, -0.1) is 0 Å². The zero-order chi connectivity index (χ0) is 15.8. The molecule has 1 aromatic heterocycles. The van der Waals surface area contributed by atoms with Gasteiger partial charge in [0.2, 0.25) is 5.88 Å². The molecule has 0 saturated heterocycles. The molecule has 5 heteroatoms. The van der Waals surface area contributed by atoms with Crippen LogP contribution in [0.15, 0.2) is 41.2 Å². The van der Waals surface area contributed by atoms with Crippen LogP contribution < -0.4 is 5.56 Å². The number of aromatic nitrogens is 2. The fourth-order valence-electron chi connectivity index (χ4n) is 2.26. The molecule has 1 heterocycles. The molecule has 0 bridgehead atoms. The Kier molecular flexibility index (Phi) is 6.15. The van der Waals surface area contributed by atoms with Crippen molar-refractivity contribution < 1.29 is 9.84 Å². The molecule has 0 spiro atoms. The lowest BCUT2D eigenvalue weighted by Gasteiger charge is -2.12. The topological polar surface area (TPSA) is 64.3 Å². The van der Waals surface area contributed by atoms with E-state index in [-0.39, 0.29) is 11.4 Å². The first-order chi connectivity index (χ1) is 10.7. The lowest BCUT2D eigenvalue weighted by molar-refractivity contribution is 0.129. The van der Waals surface area contributed by atoms with E-state index in [1.807, 2.05) is 30.3 Å². The Hall–Kier alpha value is -2.14. The Labute approximate surface area is 130 Å². The summed E-state index contributed by atoms with van der Waals surface area (Å²) in [5, 5.41) is 9.59. The third-order valence-electron chi connectivity index (χ3n) is 3.30. The molecule has 1 aromatic carbocycles. The number of hydrogen-bond acceptors (Lipinski definition) is 4. The molecule has 0 aliphatic carbocycles. The summed E-state index contributed by atoms with van der Waals surface area (Å²) in [5.41, 5.74) is 0.824. The Balaban J connectivity index is 2.12. The van der Waals surface area contributed by atoms with Gasteiger partial charge >= 0.3 is 0 Å². The van der Waals surface area contributed by atoms with Gasteiger partial charge in [-0.25, -0.2) is 0 Å². The van der Waals surface area contributed by atoms with Crippen molar-refractivity contribution in [3.05, 3.63) is 58.1 Å². The van der Waals surface area contributed by atoms with Crippen molar-refractivity contribution in [2.75, 3.05) is 13.2 Å². The standard InChI is InChI=1S/C17H22N2O3/c1-2-10-22-11-6-9-19-15(18-16(20)13-17(19)21)12-14-7-4-3-5-8-14/h3-5,7-8,13,20H,2,6,9-12H2,1H3. The second-order valence-electron chi connectivity index (χ2n) is 5.15. The van der Waals surface area contributed by atoms with E-state index >= 15 is 0 Å². The van der Waals surface area contributed by atoms with Gasteiger partial charge in [0.1, 0.15) is 5.82 Å². The van der Waals surface area contributed by atoms with Gasteiger partial charge in [0.15, 0.2) is 0 Å². The Bertz CT molecular complexity index is 638. The molecule has 0 saturated carbocycles. The van der Waals surface area contributed by atoms with Gasteiger partial charge in [-0.05, 0) is 18.4 Å². The fraction of sp³-hybridized carbons (Fsp3) is 0.412. The van der Waals surface area contributed by atoms with Crippen molar-refractivity contribution >= 4 is 0 Å². The van der Waals surface area contributed by atoms with Crippen molar-refractivity contribution in [1.29, 1.82) is 0 Å². The number of ether oxygens (including phenoxy) is 1. The Morgan fingerprint density at radius 3 is 2.73 bits per heavy atom. The predicted molar refractivity (Wildman–Crippen MR) is 85.1 cm³/mol. The third kappa shape index (κ3) is 4.70. The van der Waals surface area contributed by atoms with Gasteiger partial charge < -0.3 is 9.84 Å². The van der Waals surface area contributed by atoms with Gasteiger partial charge in [0.25, 0.3) is 5.56 Å². The summed E-state index contributed by atoms with van der Waals surface area (Å²) in [6, 6.07) is 10.9. The summed E-state index contributed by atoms with van der Waals surface area (Å²) in [6.45, 7) is 3.95. The van der Waals surface area contributed by atoms with Crippen molar-refractivity contribution in [3.63, 3.8) is 0 Å². The second kappa shape index (κ2) is 8.34. The van der Waals surface area contributed by atoms with Gasteiger partial charge in [0, 0.05) is 26.2 Å². The first kappa shape index (κ1) is 16.2. The van der Waals surface area contributed by atoms with Gasteiger partial charge in [-0.2, -0.15) is 4.98 Å². The average Bonchev–Trinajstić information content (AvgIpc) is 2.50. The molecule has 0 amide bonds. The van der Waals surface area contributed by atoms with E-state index < -0.39 is 0 Å². The molecule has 0 aliphatic rings. The highest BCUT2D eigenvalue weighted by Gasteiger charge is 2.09. The number of rotatable bonds is 8. The van der Waals surface area contributed by atoms with Crippen LogP contribution in [0.2, 0.25) is 0 Å². The second-order valence-corrected chi connectivity index (χ2v) is 5.15. The minimum Gasteiger partial charge on any atom is -0.493 e. The number of nitrogens with zero attached hydrogens (tertiary/aromatic N) is 2. The number of hydrogen-bond donors (Lipinski definition) is 1. The number of benzene rings is 1. The molecule has 0 fully saturated rings. The van der Waals surface area contributed by atoms with Crippen LogP contribution in [0, 0.1) is 0 Å². The molecule has 0 unspecified atom stereocenters. The summed E-state index contributed by atoms with van der Waals surface area (Å²) in [6.07, 6.45) is 2.24. The van der Waals surface area contributed by atoms with Crippen LogP contribution in [-0.2, 0) is 17.7 Å². The molecule has 118 valence electrons. The molecule has 2 aromatic rings. The lowest BCUT2D eigenvalue weighted by Crippen LogP contribution is -2.25. The van der Waals surface area contributed by atoms with Gasteiger partial charge in [0.05, 0.1) is 6.07 Å². The predicted octanol–water partition coefficient (Wildman–Crippen LogP) is 2.36. The highest BCUT2D eigenvalue weighted by Crippen LogP contribution is 2.09. The third-order valence-corrected chi connectivity index (χ3v) is 3.30. The van der Waals surface area contributed by atoms with E-state index in [0.29, 0.717) is 25.4 Å². The quantitative estimate of drug-likeness (QED) is 0.760. The first-order valence-corrected chi connectivity index (χ1v) is 7.62. The Morgan fingerprint density at radius 2 is 2.00 bits per heavy atom. The SMILES string of the molecule is CCCOCCCn1c(Cc2ccccc2)nc(O)cc1=O. The first-order valence-electron chi connectivity index (χ1n) is 7.62. The summed E-state index contributed by atoms with van der Waals surface area (Å²) >= 11 is 0. The largest absolute Gasteiger partial charge is 0.493 e. The van der Waals surface area contributed by atoms with E-state index in [1.165, 1.54) is 0 Å². The highest BCUT2D eigenvalue weighted by atomic mass is 16.5. The van der Waals surface area contributed by atoms with E-state index in [9.17, 15) is 9.90 Å². The Morgan fingerprint density at radius 1 is 1.23 bits per heavy atom. The van der Waals surface area contributed by atoms with Gasteiger partial charge in [-0.3, -0.25) is 9.36 Å². The maximum Gasteiger partial charge on any atom is 0.257 e. The van der Waals surface area contributed by atoms with Crippen molar-refractivity contribution in [2.45, 2.75) is 32.7 Å². The molecule has 0 radical (unpaired) electrons. The average molecular weight is 302 g/mol. The van der Waals surface area contributed by atoms with Crippen LogP contribution in [0.1, 0.15) is 31.2 Å². The van der Waals surface area contributed by atoms with E-state index in [1.54, 1.807) is 4.57 Å². The summed E-state index contributed by atoms with van der Waals surface area (Å²) in [7, 11) is 0. The van der Waals surface area contributed by atoms with Crippen molar-refractivity contribution in [2.24, 2.45) is 0 Å². The van der Waals surface area contributed by atoms with Gasteiger partial charge in [-0.1, -0.05) is 37.3 Å². The minimum atomic E-state index is -0.228. The van der Waals surface area contributed by atoms with Crippen LogP contribution in [0.3, 0.4) is 0 Å². The zero-order valence-electron chi connectivity index (χ0n) is 12.9. The zero-order valence-corrected chi connectivity index (χ0v) is 12.9. The molecule has 0 atom stereocenters.